The fraction of sp³-hybridized carbons (Fsp3) is 0.143. The van der Waals surface area contributed by atoms with E-state index in [9.17, 15) is 9.18 Å². The average Bonchev–Trinajstić information content (AvgIpc) is 2.38. The Bertz CT molecular complexity index is 886. The normalized spacial score (nSPS) is 11.4. The third-order valence-electron chi connectivity index (χ3n) is 3.35. The third kappa shape index (κ3) is 1.64. The first kappa shape index (κ1) is 12.1. The Hall–Kier alpha value is -1.94. The maximum absolute atomic E-state index is 13.7. The molecule has 0 fully saturated rings. The SMILES string of the molecule is Cc1nccc2c1c(=O)n(C)c1cc(Cl)c(F)cc21. The standard InChI is InChI=1S/C14H10ClFN2O/c1-7-13-8(3-4-17-7)9-5-11(16)10(15)6-12(9)18(2)14(13)19/h3-6H,1-2H3. The number of halogens is 2. The zero-order valence-electron chi connectivity index (χ0n) is 10.4. The lowest BCUT2D eigenvalue weighted by atomic mass is 10.1. The van der Waals surface area contributed by atoms with Crippen LogP contribution >= 0.6 is 11.6 Å². The molecular formula is C14H10ClFN2O. The van der Waals surface area contributed by atoms with Gasteiger partial charge >= 0.3 is 0 Å². The molecule has 0 aliphatic carbocycles. The number of pyridine rings is 2. The summed E-state index contributed by atoms with van der Waals surface area (Å²) in [5.41, 5.74) is 1.08. The van der Waals surface area contributed by atoms with Crippen LogP contribution in [0.4, 0.5) is 4.39 Å². The second-order valence-electron chi connectivity index (χ2n) is 4.47. The molecule has 2 heterocycles. The van der Waals surface area contributed by atoms with Crippen LogP contribution in [0.25, 0.3) is 21.7 Å². The number of hydrogen-bond donors (Lipinski definition) is 0. The molecule has 3 nitrogen and oxygen atoms in total. The van der Waals surface area contributed by atoms with Crippen molar-refractivity contribution in [2.75, 3.05) is 0 Å². The number of fused-ring (bicyclic) bond motifs is 3. The van der Waals surface area contributed by atoms with Crippen LogP contribution in [0.5, 0.6) is 0 Å². The van der Waals surface area contributed by atoms with Gasteiger partial charge in [-0.25, -0.2) is 4.39 Å². The summed E-state index contributed by atoms with van der Waals surface area (Å²) in [6.45, 7) is 1.77. The summed E-state index contributed by atoms with van der Waals surface area (Å²) in [7, 11) is 1.64. The lowest BCUT2D eigenvalue weighted by Gasteiger charge is -2.10. The van der Waals surface area contributed by atoms with E-state index in [1.54, 1.807) is 26.2 Å². The highest BCUT2D eigenvalue weighted by Crippen LogP contribution is 2.27. The van der Waals surface area contributed by atoms with Crippen molar-refractivity contribution in [3.8, 4) is 0 Å². The van der Waals surface area contributed by atoms with Crippen LogP contribution in [-0.2, 0) is 7.05 Å². The molecule has 0 radical (unpaired) electrons. The minimum atomic E-state index is -0.497. The molecule has 0 saturated carbocycles. The first-order valence-corrected chi connectivity index (χ1v) is 6.11. The second-order valence-corrected chi connectivity index (χ2v) is 4.87. The van der Waals surface area contributed by atoms with Crippen LogP contribution in [0.15, 0.2) is 29.2 Å². The van der Waals surface area contributed by atoms with Gasteiger partial charge < -0.3 is 4.57 Å². The summed E-state index contributed by atoms with van der Waals surface area (Å²) in [4.78, 5) is 16.5. The summed E-state index contributed by atoms with van der Waals surface area (Å²) >= 11 is 5.79. The Morgan fingerprint density at radius 3 is 2.79 bits per heavy atom. The van der Waals surface area contributed by atoms with Crippen molar-refractivity contribution in [1.29, 1.82) is 0 Å². The van der Waals surface area contributed by atoms with Crippen molar-refractivity contribution in [2.45, 2.75) is 6.92 Å². The molecule has 3 rings (SSSR count). The zero-order chi connectivity index (χ0) is 13.7. The van der Waals surface area contributed by atoms with Gasteiger partial charge in [0.25, 0.3) is 5.56 Å². The second kappa shape index (κ2) is 4.03. The Balaban J connectivity index is 2.72. The van der Waals surface area contributed by atoms with Crippen LogP contribution in [0, 0.1) is 12.7 Å². The van der Waals surface area contributed by atoms with Gasteiger partial charge in [0.1, 0.15) is 5.82 Å². The van der Waals surface area contributed by atoms with Gasteiger partial charge in [-0.15, -0.1) is 0 Å². The van der Waals surface area contributed by atoms with E-state index in [1.807, 2.05) is 0 Å². The molecule has 0 atom stereocenters. The quantitative estimate of drug-likeness (QED) is 0.591. The van der Waals surface area contributed by atoms with Gasteiger partial charge in [-0.05, 0) is 30.5 Å². The lowest BCUT2D eigenvalue weighted by molar-refractivity contribution is 0.630. The highest BCUT2D eigenvalue weighted by atomic mass is 35.5. The summed E-state index contributed by atoms with van der Waals surface area (Å²) in [6, 6.07) is 4.56. The van der Waals surface area contributed by atoms with Crippen LogP contribution in [0.3, 0.4) is 0 Å². The predicted octanol–water partition coefficient (Wildman–Crippen LogP) is 3.19. The summed E-state index contributed by atoms with van der Waals surface area (Å²) < 4.78 is 15.1. The predicted molar refractivity (Wildman–Crippen MR) is 74.2 cm³/mol. The summed E-state index contributed by atoms with van der Waals surface area (Å²) in [6.07, 6.45) is 1.61. The molecule has 19 heavy (non-hydrogen) atoms. The van der Waals surface area contributed by atoms with Gasteiger partial charge in [-0.1, -0.05) is 11.6 Å². The molecule has 0 aliphatic rings. The molecule has 0 bridgehead atoms. The maximum Gasteiger partial charge on any atom is 0.260 e. The Morgan fingerprint density at radius 2 is 2.05 bits per heavy atom. The lowest BCUT2D eigenvalue weighted by Crippen LogP contribution is -2.18. The summed E-state index contributed by atoms with van der Waals surface area (Å²) in [5, 5.41) is 1.87. The van der Waals surface area contributed by atoms with Crippen molar-refractivity contribution < 1.29 is 4.39 Å². The van der Waals surface area contributed by atoms with Crippen LogP contribution < -0.4 is 5.56 Å². The smallest absolute Gasteiger partial charge is 0.260 e. The van der Waals surface area contributed by atoms with Gasteiger partial charge in [0, 0.05) is 18.6 Å². The molecule has 0 saturated heterocycles. The highest BCUT2D eigenvalue weighted by molar-refractivity contribution is 6.31. The largest absolute Gasteiger partial charge is 0.311 e. The minimum absolute atomic E-state index is 0.00706. The van der Waals surface area contributed by atoms with Crippen molar-refractivity contribution >= 4 is 33.3 Å². The molecule has 5 heteroatoms. The molecule has 0 N–H and O–H groups in total. The Morgan fingerprint density at radius 1 is 1.32 bits per heavy atom. The van der Waals surface area contributed by atoms with E-state index < -0.39 is 5.82 Å². The molecule has 0 unspecified atom stereocenters. The van der Waals surface area contributed by atoms with Gasteiger partial charge in [-0.2, -0.15) is 0 Å². The van der Waals surface area contributed by atoms with Crippen LogP contribution in [0.1, 0.15) is 5.69 Å². The van der Waals surface area contributed by atoms with Crippen molar-refractivity contribution in [3.63, 3.8) is 0 Å². The van der Waals surface area contributed by atoms with E-state index in [-0.39, 0.29) is 10.6 Å². The number of aryl methyl sites for hydroxylation is 2. The van der Waals surface area contributed by atoms with Crippen LogP contribution in [-0.4, -0.2) is 9.55 Å². The Kier molecular flexibility index (Phi) is 2.57. The van der Waals surface area contributed by atoms with E-state index in [0.717, 1.165) is 0 Å². The van der Waals surface area contributed by atoms with Gasteiger partial charge in [0.05, 0.1) is 21.6 Å². The van der Waals surface area contributed by atoms with Gasteiger partial charge in [0.15, 0.2) is 0 Å². The van der Waals surface area contributed by atoms with E-state index in [4.69, 9.17) is 11.6 Å². The number of benzene rings is 1. The van der Waals surface area contributed by atoms with Gasteiger partial charge in [-0.3, -0.25) is 9.78 Å². The molecule has 96 valence electrons. The minimum Gasteiger partial charge on any atom is -0.311 e. The number of rotatable bonds is 0. The van der Waals surface area contributed by atoms with E-state index in [0.29, 0.717) is 27.4 Å². The number of nitrogens with zero attached hydrogens (tertiary/aromatic N) is 2. The number of aromatic nitrogens is 2. The fourth-order valence-electron chi connectivity index (χ4n) is 2.37. The Labute approximate surface area is 113 Å². The summed E-state index contributed by atoms with van der Waals surface area (Å²) in [5.74, 6) is -0.497. The molecule has 0 aliphatic heterocycles. The monoisotopic (exact) mass is 276 g/mol. The number of hydrogen-bond acceptors (Lipinski definition) is 2. The first-order chi connectivity index (χ1) is 9.00. The van der Waals surface area contributed by atoms with Crippen molar-refractivity contribution in [3.05, 3.63) is 51.3 Å². The molecule has 2 aromatic heterocycles. The van der Waals surface area contributed by atoms with E-state index in [1.165, 1.54) is 16.7 Å². The molecule has 0 amide bonds. The molecule has 1 aromatic carbocycles. The first-order valence-electron chi connectivity index (χ1n) is 5.74. The third-order valence-corrected chi connectivity index (χ3v) is 3.64. The maximum atomic E-state index is 13.7. The topological polar surface area (TPSA) is 34.9 Å². The van der Waals surface area contributed by atoms with Crippen molar-refractivity contribution in [2.24, 2.45) is 7.05 Å². The van der Waals surface area contributed by atoms with Gasteiger partial charge in [0.2, 0.25) is 0 Å². The molecule has 0 spiro atoms. The molecule has 3 aromatic rings. The average molecular weight is 277 g/mol. The van der Waals surface area contributed by atoms with E-state index >= 15 is 0 Å². The zero-order valence-corrected chi connectivity index (χ0v) is 11.1. The molecular weight excluding hydrogens is 267 g/mol. The highest BCUT2D eigenvalue weighted by Gasteiger charge is 2.13. The fourth-order valence-corrected chi connectivity index (χ4v) is 2.53. The van der Waals surface area contributed by atoms with E-state index in [2.05, 4.69) is 4.98 Å². The van der Waals surface area contributed by atoms with Crippen LogP contribution in [0.2, 0.25) is 5.02 Å². The van der Waals surface area contributed by atoms with Crippen molar-refractivity contribution in [1.82, 2.24) is 9.55 Å².